The molecule has 0 bridgehead atoms. The van der Waals surface area contributed by atoms with Gasteiger partial charge in [-0.3, -0.25) is 9.89 Å². The van der Waals surface area contributed by atoms with Crippen molar-refractivity contribution in [1.29, 1.82) is 0 Å². The zero-order chi connectivity index (χ0) is 31.0. The van der Waals surface area contributed by atoms with Crippen LogP contribution in [-0.2, 0) is 20.0 Å². The summed E-state index contributed by atoms with van der Waals surface area (Å²) in [5, 5.41) is 15.4. The number of nitrogens with zero attached hydrogens (tertiary/aromatic N) is 4. The van der Waals surface area contributed by atoms with Crippen molar-refractivity contribution >= 4 is 38.7 Å². The number of rotatable bonds is 16. The number of anilines is 1. The maximum Gasteiger partial charge on any atom is 0.261 e. The van der Waals surface area contributed by atoms with Crippen molar-refractivity contribution < 1.29 is 17.9 Å². The molecule has 4 rings (SSSR count). The number of unbranched alkanes of at least 4 members (excludes halogenated alkanes) is 7. The van der Waals surface area contributed by atoms with Crippen LogP contribution in [-0.4, -0.2) is 71.4 Å². The summed E-state index contributed by atoms with van der Waals surface area (Å²) in [6.07, 6.45) is 9.41. The lowest BCUT2D eigenvalue weighted by Crippen LogP contribution is -2.44. The lowest BCUT2D eigenvalue weighted by atomic mass is 9.92. The minimum absolute atomic E-state index is 0.164. The molecule has 1 aromatic carbocycles. The fraction of sp³-hybridized carbons (Fsp3) is 0.645. The summed E-state index contributed by atoms with van der Waals surface area (Å²) in [6, 6.07) is 7.59. The molecule has 2 aromatic heterocycles. The van der Waals surface area contributed by atoms with Crippen LogP contribution in [0, 0.1) is 6.92 Å². The third kappa shape index (κ3) is 8.88. The van der Waals surface area contributed by atoms with E-state index in [0.717, 1.165) is 30.6 Å². The van der Waals surface area contributed by atoms with Crippen LogP contribution in [0.25, 0.3) is 5.65 Å². The Labute approximate surface area is 260 Å². The maximum absolute atomic E-state index is 13.5. The Morgan fingerprint density at radius 2 is 1.67 bits per heavy atom. The number of carbonyl (C=O) groups excluding carboxylic acids is 1. The molecule has 43 heavy (non-hydrogen) atoms. The molecule has 1 unspecified atom stereocenters. The normalized spacial score (nSPS) is 16.0. The Morgan fingerprint density at radius 3 is 2.33 bits per heavy atom. The summed E-state index contributed by atoms with van der Waals surface area (Å²) in [4.78, 5) is 15.6. The van der Waals surface area contributed by atoms with E-state index in [1.807, 2.05) is 45.0 Å². The van der Waals surface area contributed by atoms with Crippen LogP contribution in [0.15, 0.2) is 24.3 Å². The SMILES string of the molecule is CCCCCCCCCCC(Oc1ccc(N2CCS(=O)(=O)CC2)cc1)C(=O)NCC(C)(C)c1nnc2c(Cl)c(C)[nH]n12. The van der Waals surface area contributed by atoms with Crippen molar-refractivity contribution in [2.45, 2.75) is 97.0 Å². The first kappa shape index (κ1) is 33.1. The second-order valence-corrected chi connectivity index (χ2v) is 15.0. The van der Waals surface area contributed by atoms with E-state index in [1.54, 1.807) is 4.52 Å². The van der Waals surface area contributed by atoms with Gasteiger partial charge in [0, 0.05) is 30.7 Å². The number of hydrogen-bond donors (Lipinski definition) is 2. The largest absolute Gasteiger partial charge is 0.481 e. The number of hydrogen-bond acceptors (Lipinski definition) is 7. The number of amides is 1. The van der Waals surface area contributed by atoms with E-state index in [9.17, 15) is 13.2 Å². The van der Waals surface area contributed by atoms with E-state index < -0.39 is 21.4 Å². The average Bonchev–Trinajstić information content (AvgIpc) is 3.52. The zero-order valence-corrected chi connectivity index (χ0v) is 27.6. The second kappa shape index (κ2) is 14.8. The number of halogens is 1. The molecule has 12 heteroatoms. The molecule has 0 spiro atoms. The molecule has 0 saturated carbocycles. The highest BCUT2D eigenvalue weighted by atomic mass is 35.5. The number of aromatic amines is 1. The molecular formula is C31H47ClN6O4S. The molecule has 1 aliphatic rings. The number of aryl methyl sites for hydroxylation is 1. The number of fused-ring (bicyclic) bond motifs is 1. The van der Waals surface area contributed by atoms with Gasteiger partial charge < -0.3 is 15.0 Å². The zero-order valence-electron chi connectivity index (χ0n) is 26.0. The van der Waals surface area contributed by atoms with Crippen molar-refractivity contribution in [3.63, 3.8) is 0 Å². The van der Waals surface area contributed by atoms with Gasteiger partial charge in [-0.25, -0.2) is 12.9 Å². The van der Waals surface area contributed by atoms with Crippen molar-refractivity contribution in [3.8, 4) is 5.75 Å². The third-order valence-electron chi connectivity index (χ3n) is 8.21. The van der Waals surface area contributed by atoms with Gasteiger partial charge in [-0.05, 0) is 44.0 Å². The fourth-order valence-electron chi connectivity index (χ4n) is 5.43. The molecule has 3 aromatic rings. The number of sulfone groups is 1. The highest BCUT2D eigenvalue weighted by Crippen LogP contribution is 2.27. The minimum atomic E-state index is -2.95. The molecule has 1 saturated heterocycles. The summed E-state index contributed by atoms with van der Waals surface area (Å²) >= 11 is 6.35. The van der Waals surface area contributed by atoms with Gasteiger partial charge in [-0.1, -0.05) is 77.3 Å². The fourth-order valence-corrected chi connectivity index (χ4v) is 6.80. The Bertz CT molecular complexity index is 1440. The average molecular weight is 635 g/mol. The third-order valence-corrected chi connectivity index (χ3v) is 10.3. The van der Waals surface area contributed by atoms with E-state index >= 15 is 0 Å². The summed E-state index contributed by atoms with van der Waals surface area (Å²) in [6.45, 7) is 9.42. The van der Waals surface area contributed by atoms with Crippen LogP contribution in [0.5, 0.6) is 5.75 Å². The minimum Gasteiger partial charge on any atom is -0.481 e. The first-order valence-corrected chi connectivity index (χ1v) is 17.8. The molecule has 1 amide bonds. The van der Waals surface area contributed by atoms with Gasteiger partial charge in [-0.2, -0.15) is 0 Å². The number of aromatic nitrogens is 4. The standard InChI is InChI=1S/C31H47ClN6O4S/c1-5-6-7-8-9-10-11-12-13-26(42-25-16-14-24(15-17-25)37-18-20-43(40,41)21-19-37)29(39)33-22-31(3,4)30-35-34-28-27(32)23(2)36-38(28)30/h14-17,26,36H,5-13,18-22H2,1-4H3,(H,33,39). The van der Waals surface area contributed by atoms with Crippen LogP contribution < -0.4 is 15.0 Å². The molecule has 0 radical (unpaired) electrons. The van der Waals surface area contributed by atoms with Gasteiger partial charge >= 0.3 is 0 Å². The van der Waals surface area contributed by atoms with Gasteiger partial charge in [0.1, 0.15) is 10.8 Å². The summed E-state index contributed by atoms with van der Waals surface area (Å²) in [5.74, 6) is 1.46. The summed E-state index contributed by atoms with van der Waals surface area (Å²) in [5.41, 5.74) is 1.80. The van der Waals surface area contributed by atoms with Crippen molar-refractivity contribution in [2.75, 3.05) is 36.0 Å². The molecule has 1 atom stereocenters. The molecule has 10 nitrogen and oxygen atoms in total. The predicted molar refractivity (Wildman–Crippen MR) is 172 cm³/mol. The highest BCUT2D eigenvalue weighted by Gasteiger charge is 2.31. The van der Waals surface area contributed by atoms with Gasteiger partial charge in [0.25, 0.3) is 5.91 Å². The Hall–Kier alpha value is -2.79. The van der Waals surface area contributed by atoms with E-state index in [-0.39, 0.29) is 17.4 Å². The van der Waals surface area contributed by atoms with E-state index in [4.69, 9.17) is 16.3 Å². The first-order chi connectivity index (χ1) is 20.5. The van der Waals surface area contributed by atoms with E-state index in [1.165, 1.54) is 32.1 Å². The number of benzene rings is 1. The number of H-pyrrole nitrogens is 1. The lowest BCUT2D eigenvalue weighted by Gasteiger charge is -2.29. The van der Waals surface area contributed by atoms with Gasteiger partial charge in [0.05, 0.1) is 17.2 Å². The van der Waals surface area contributed by atoms with Gasteiger partial charge in [0.15, 0.2) is 27.4 Å². The van der Waals surface area contributed by atoms with Crippen molar-refractivity contribution in [3.05, 3.63) is 40.8 Å². The monoisotopic (exact) mass is 634 g/mol. The summed E-state index contributed by atoms with van der Waals surface area (Å²) < 4.78 is 31.7. The Kier molecular flexibility index (Phi) is 11.4. The predicted octanol–water partition coefficient (Wildman–Crippen LogP) is 5.63. The molecule has 1 aliphatic heterocycles. The van der Waals surface area contributed by atoms with Gasteiger partial charge in [-0.15, -0.1) is 10.2 Å². The Morgan fingerprint density at radius 1 is 1.05 bits per heavy atom. The molecule has 3 heterocycles. The molecule has 1 fully saturated rings. The molecule has 238 valence electrons. The van der Waals surface area contributed by atoms with Crippen LogP contribution in [0.3, 0.4) is 0 Å². The van der Waals surface area contributed by atoms with E-state index in [2.05, 4.69) is 32.4 Å². The van der Waals surface area contributed by atoms with Crippen LogP contribution in [0.2, 0.25) is 5.02 Å². The van der Waals surface area contributed by atoms with Crippen LogP contribution in [0.4, 0.5) is 5.69 Å². The highest BCUT2D eigenvalue weighted by molar-refractivity contribution is 7.91. The lowest BCUT2D eigenvalue weighted by molar-refractivity contribution is -0.128. The van der Waals surface area contributed by atoms with Crippen LogP contribution in [0.1, 0.15) is 90.1 Å². The number of carbonyl (C=O) groups is 1. The molecular weight excluding hydrogens is 588 g/mol. The van der Waals surface area contributed by atoms with Crippen molar-refractivity contribution in [2.24, 2.45) is 0 Å². The first-order valence-electron chi connectivity index (χ1n) is 15.6. The Balaban J connectivity index is 1.38. The molecule has 2 N–H and O–H groups in total. The second-order valence-electron chi connectivity index (χ2n) is 12.3. The van der Waals surface area contributed by atoms with E-state index in [0.29, 0.717) is 48.3 Å². The number of ether oxygens (including phenoxy) is 1. The maximum atomic E-state index is 13.5. The quantitative estimate of drug-likeness (QED) is 0.196. The molecule has 0 aliphatic carbocycles. The summed E-state index contributed by atoms with van der Waals surface area (Å²) in [7, 11) is -2.95. The topological polar surface area (TPSA) is 122 Å². The van der Waals surface area contributed by atoms with Gasteiger partial charge in [0.2, 0.25) is 0 Å². The smallest absolute Gasteiger partial charge is 0.261 e. The van der Waals surface area contributed by atoms with Crippen LogP contribution >= 0.6 is 11.6 Å². The number of nitrogens with one attached hydrogen (secondary N) is 2. The van der Waals surface area contributed by atoms with Crippen molar-refractivity contribution in [1.82, 2.24) is 25.1 Å².